The lowest BCUT2D eigenvalue weighted by Gasteiger charge is -2.28. The van der Waals surface area contributed by atoms with Crippen molar-refractivity contribution in [2.75, 3.05) is 38.9 Å². The number of methoxy groups -OCH3 is 1. The summed E-state index contributed by atoms with van der Waals surface area (Å²) < 4.78 is 22.3. The van der Waals surface area contributed by atoms with E-state index < -0.39 is 12.0 Å². The van der Waals surface area contributed by atoms with Crippen LogP contribution < -0.4 is 19.5 Å². The van der Waals surface area contributed by atoms with Gasteiger partial charge in [-0.15, -0.1) is 0 Å². The maximum absolute atomic E-state index is 13.9. The molecule has 0 aliphatic carbocycles. The van der Waals surface area contributed by atoms with E-state index in [0.29, 0.717) is 18.0 Å². The summed E-state index contributed by atoms with van der Waals surface area (Å²) in [5.41, 5.74) is 4.95. The topological polar surface area (TPSA) is 86.3 Å². The van der Waals surface area contributed by atoms with Crippen molar-refractivity contribution in [2.45, 2.75) is 58.4 Å². The van der Waals surface area contributed by atoms with Gasteiger partial charge < -0.3 is 24.3 Å². The molecule has 228 valence electrons. The van der Waals surface area contributed by atoms with Crippen molar-refractivity contribution in [1.29, 1.82) is 0 Å². The van der Waals surface area contributed by atoms with Gasteiger partial charge in [0.25, 0.3) is 0 Å². The first kappa shape index (κ1) is 30.4. The number of ether oxygens (including phenoxy) is 4. The zero-order valence-corrected chi connectivity index (χ0v) is 25.9. The number of esters is 1. The molecule has 0 aromatic heterocycles. The number of nitrogens with zero attached hydrogens (tertiary/aromatic N) is 1. The summed E-state index contributed by atoms with van der Waals surface area (Å²) in [6.07, 6.45) is 0. The number of rotatable bonds is 10. The van der Waals surface area contributed by atoms with Crippen LogP contribution in [0.15, 0.2) is 60.7 Å². The van der Waals surface area contributed by atoms with E-state index in [4.69, 9.17) is 18.9 Å². The van der Waals surface area contributed by atoms with Crippen LogP contribution in [0.5, 0.6) is 17.2 Å². The Balaban J connectivity index is 1.52. The Hall–Kier alpha value is -4.04. The molecule has 1 N–H and O–H groups in total. The fourth-order valence-corrected chi connectivity index (χ4v) is 6.36. The fourth-order valence-electron chi connectivity index (χ4n) is 6.36. The summed E-state index contributed by atoms with van der Waals surface area (Å²) in [5, 5.41) is 3.26. The van der Waals surface area contributed by atoms with Gasteiger partial charge in [-0.1, -0.05) is 64.1 Å². The van der Waals surface area contributed by atoms with Gasteiger partial charge in [0.2, 0.25) is 12.7 Å². The molecule has 0 spiro atoms. The highest BCUT2D eigenvalue weighted by Gasteiger charge is 2.48. The third kappa shape index (κ3) is 6.34. The minimum Gasteiger partial charge on any atom is -0.497 e. The number of fused-ring (bicyclic) bond motifs is 1. The number of hydrogen-bond donors (Lipinski definition) is 1. The molecule has 3 atom stereocenters. The van der Waals surface area contributed by atoms with Gasteiger partial charge in [-0.3, -0.25) is 14.5 Å². The lowest BCUT2D eigenvalue weighted by Crippen LogP contribution is -2.35. The number of likely N-dealkylation sites (tertiary alicyclic amines) is 1. The summed E-state index contributed by atoms with van der Waals surface area (Å²) >= 11 is 0. The summed E-state index contributed by atoms with van der Waals surface area (Å²) in [6.45, 7) is 11.4. The normalized spacial score (nSPS) is 19.6. The van der Waals surface area contributed by atoms with Crippen LogP contribution in [-0.2, 0) is 14.3 Å². The second-order valence-corrected chi connectivity index (χ2v) is 11.8. The van der Waals surface area contributed by atoms with Crippen molar-refractivity contribution in [2.24, 2.45) is 5.92 Å². The number of hydrogen-bond acceptors (Lipinski definition) is 7. The van der Waals surface area contributed by atoms with Crippen LogP contribution in [0.3, 0.4) is 0 Å². The second kappa shape index (κ2) is 13.1. The van der Waals surface area contributed by atoms with Crippen LogP contribution in [0.1, 0.15) is 80.7 Å². The van der Waals surface area contributed by atoms with Crippen molar-refractivity contribution >= 4 is 17.6 Å². The lowest BCUT2D eigenvalue weighted by atomic mass is 9.82. The van der Waals surface area contributed by atoms with Gasteiger partial charge in [0, 0.05) is 24.2 Å². The first-order chi connectivity index (χ1) is 20.7. The molecule has 0 unspecified atom stereocenters. The Labute approximate surface area is 254 Å². The predicted octanol–water partition coefficient (Wildman–Crippen LogP) is 6.63. The zero-order chi connectivity index (χ0) is 30.7. The largest absolute Gasteiger partial charge is 0.497 e. The van der Waals surface area contributed by atoms with Gasteiger partial charge in [-0.2, -0.15) is 0 Å². The monoisotopic (exact) mass is 586 g/mol. The van der Waals surface area contributed by atoms with Gasteiger partial charge >= 0.3 is 5.97 Å². The van der Waals surface area contributed by atoms with E-state index in [9.17, 15) is 9.59 Å². The molecule has 0 bridgehead atoms. The van der Waals surface area contributed by atoms with E-state index in [1.165, 1.54) is 0 Å². The maximum Gasteiger partial charge on any atom is 0.311 e. The first-order valence-electron chi connectivity index (χ1n) is 15.1. The molecule has 2 heterocycles. The van der Waals surface area contributed by atoms with E-state index in [0.717, 1.165) is 33.7 Å². The second-order valence-electron chi connectivity index (χ2n) is 11.8. The number of nitrogens with one attached hydrogen (secondary N) is 1. The van der Waals surface area contributed by atoms with E-state index in [-0.39, 0.29) is 49.6 Å². The third-order valence-corrected chi connectivity index (χ3v) is 8.42. The minimum absolute atomic E-state index is 0.109. The quantitative estimate of drug-likeness (QED) is 0.267. The molecule has 0 radical (unpaired) electrons. The summed E-state index contributed by atoms with van der Waals surface area (Å²) in [5.74, 6) is 1.36. The maximum atomic E-state index is 13.9. The van der Waals surface area contributed by atoms with Gasteiger partial charge in [-0.25, -0.2) is 0 Å². The molecule has 2 aliphatic heterocycles. The van der Waals surface area contributed by atoms with Crippen molar-refractivity contribution in [3.63, 3.8) is 0 Å². The van der Waals surface area contributed by atoms with E-state index in [2.05, 4.69) is 56.1 Å². The molecule has 8 nitrogen and oxygen atoms in total. The van der Waals surface area contributed by atoms with Crippen LogP contribution >= 0.6 is 0 Å². The molecule has 5 rings (SSSR count). The van der Waals surface area contributed by atoms with Crippen molar-refractivity contribution in [3.8, 4) is 17.2 Å². The fraction of sp³-hybridized carbons (Fsp3) is 0.429. The Morgan fingerprint density at radius 2 is 1.58 bits per heavy atom. The molecule has 2 aliphatic rings. The smallest absolute Gasteiger partial charge is 0.311 e. The van der Waals surface area contributed by atoms with Crippen molar-refractivity contribution < 1.29 is 28.5 Å². The summed E-state index contributed by atoms with van der Waals surface area (Å²) in [7, 11) is 1.62. The lowest BCUT2D eigenvalue weighted by molar-refractivity contribution is -0.149. The number of carbonyl (C=O) groups is 2. The number of carbonyl (C=O) groups excluding carboxylic acids is 2. The van der Waals surface area contributed by atoms with Crippen LogP contribution in [0, 0.1) is 5.92 Å². The molecular weight excluding hydrogens is 544 g/mol. The zero-order valence-electron chi connectivity index (χ0n) is 25.9. The van der Waals surface area contributed by atoms with Crippen LogP contribution in [0.4, 0.5) is 5.69 Å². The molecule has 3 aromatic rings. The number of benzene rings is 3. The van der Waals surface area contributed by atoms with E-state index in [1.807, 2.05) is 49.4 Å². The van der Waals surface area contributed by atoms with Crippen LogP contribution in [0.25, 0.3) is 0 Å². The molecule has 1 fully saturated rings. The third-order valence-electron chi connectivity index (χ3n) is 8.42. The van der Waals surface area contributed by atoms with E-state index >= 15 is 0 Å². The van der Waals surface area contributed by atoms with Gasteiger partial charge in [0.15, 0.2) is 11.5 Å². The highest BCUT2D eigenvalue weighted by Crippen LogP contribution is 2.48. The number of anilines is 1. The van der Waals surface area contributed by atoms with Crippen LogP contribution in [-0.4, -0.2) is 50.4 Å². The SMILES string of the molecule is CCOC(=O)[C@@H]1[C@@H](c2ccc3c(c2)OCO3)CN(CC(=O)Nc2c(C(C)C)cccc2C(C)C)[C@H]1c1ccc(OC)cc1. The molecule has 43 heavy (non-hydrogen) atoms. The van der Waals surface area contributed by atoms with Gasteiger partial charge in [-0.05, 0) is 65.3 Å². The standard InChI is InChI=1S/C35H42N2O6/c1-7-41-35(39)32-28(24-13-16-29-30(17-24)43-20-42-29)18-37(34(32)23-11-14-25(40-6)15-12-23)19-31(38)36-33-26(21(2)3)9-8-10-27(33)22(4)5/h8-17,21-22,28,32,34H,7,18-20H2,1-6H3,(H,36,38)/t28-,32-,34+/m1/s1. The first-order valence-corrected chi connectivity index (χ1v) is 15.1. The van der Waals surface area contributed by atoms with E-state index in [1.54, 1.807) is 7.11 Å². The Morgan fingerprint density at radius 1 is 0.930 bits per heavy atom. The highest BCUT2D eigenvalue weighted by atomic mass is 16.7. The summed E-state index contributed by atoms with van der Waals surface area (Å²) in [6, 6.07) is 19.3. The number of amides is 1. The highest BCUT2D eigenvalue weighted by molar-refractivity contribution is 5.94. The average molecular weight is 587 g/mol. The van der Waals surface area contributed by atoms with Crippen molar-refractivity contribution in [1.82, 2.24) is 4.90 Å². The Kier molecular flexibility index (Phi) is 9.25. The van der Waals surface area contributed by atoms with Crippen molar-refractivity contribution in [3.05, 3.63) is 82.9 Å². The van der Waals surface area contributed by atoms with Gasteiger partial charge in [0.05, 0.1) is 26.2 Å². The van der Waals surface area contributed by atoms with Gasteiger partial charge in [0.1, 0.15) is 5.75 Å². The molecule has 3 aromatic carbocycles. The summed E-state index contributed by atoms with van der Waals surface area (Å²) in [4.78, 5) is 29.7. The molecular formula is C35H42N2O6. The minimum atomic E-state index is -0.546. The predicted molar refractivity (Wildman–Crippen MR) is 166 cm³/mol. The Morgan fingerprint density at radius 3 is 2.21 bits per heavy atom. The number of para-hydroxylation sites is 1. The average Bonchev–Trinajstić information content (AvgIpc) is 3.61. The molecule has 1 saturated heterocycles. The molecule has 8 heteroatoms. The molecule has 1 amide bonds. The molecule has 0 saturated carbocycles. The van der Waals surface area contributed by atoms with Crippen LogP contribution in [0.2, 0.25) is 0 Å². The Bertz CT molecular complexity index is 1420.